The summed E-state index contributed by atoms with van der Waals surface area (Å²) in [5, 5.41) is 0. The highest BCUT2D eigenvalue weighted by Gasteiger charge is 2.20. The molecule has 0 atom stereocenters. The number of hydrogen-bond donors (Lipinski definition) is 0. The number of fused-ring (bicyclic) bond motifs is 2. The topological polar surface area (TPSA) is 37.6 Å². The zero-order chi connectivity index (χ0) is 16.8. The van der Waals surface area contributed by atoms with Crippen molar-refractivity contribution in [2.45, 2.75) is 26.3 Å². The molecule has 24 heavy (non-hydrogen) atoms. The van der Waals surface area contributed by atoms with Gasteiger partial charge in [0.2, 0.25) is 0 Å². The maximum atomic E-state index is 13.6. The zero-order valence-electron chi connectivity index (χ0n) is 13.1. The predicted molar refractivity (Wildman–Crippen MR) is 89.8 cm³/mol. The Morgan fingerprint density at radius 2 is 2.04 bits per heavy atom. The first-order valence-corrected chi connectivity index (χ1v) is 8.54. The normalized spacial score (nSPS) is 14.2. The molecule has 0 aliphatic carbocycles. The minimum absolute atomic E-state index is 0.123. The van der Waals surface area contributed by atoms with Gasteiger partial charge in [0.15, 0.2) is 16.6 Å². The molecule has 0 bridgehead atoms. The third-order valence-electron chi connectivity index (χ3n) is 4.23. The molecular formula is C17H15F2N3OS. The summed E-state index contributed by atoms with van der Waals surface area (Å²) < 4.78 is 28.6. The van der Waals surface area contributed by atoms with Crippen molar-refractivity contribution in [3.8, 4) is 0 Å². The van der Waals surface area contributed by atoms with Crippen LogP contribution in [0, 0.1) is 18.6 Å². The standard InChI is InChI=1S/C17H15F2N3OS/c1-10-8-22-16(23)6-12(20-17(22)24-10)9-21-4-2-3-11-5-13(18)14(19)7-15(11)21/h5-8H,2-4,9H2,1H3. The Balaban J connectivity index is 1.72. The fourth-order valence-electron chi connectivity index (χ4n) is 3.15. The summed E-state index contributed by atoms with van der Waals surface area (Å²) in [6.07, 6.45) is 3.35. The Morgan fingerprint density at radius 3 is 2.88 bits per heavy atom. The van der Waals surface area contributed by atoms with Gasteiger partial charge < -0.3 is 4.90 Å². The number of benzene rings is 1. The van der Waals surface area contributed by atoms with Gasteiger partial charge in [-0.3, -0.25) is 9.20 Å². The smallest absolute Gasteiger partial charge is 0.258 e. The van der Waals surface area contributed by atoms with Crippen molar-refractivity contribution in [2.24, 2.45) is 0 Å². The number of aryl methyl sites for hydroxylation is 2. The third-order valence-corrected chi connectivity index (χ3v) is 5.12. The minimum Gasteiger partial charge on any atom is -0.365 e. The molecule has 0 N–H and O–H groups in total. The average molecular weight is 347 g/mol. The molecule has 0 amide bonds. The molecule has 124 valence electrons. The van der Waals surface area contributed by atoms with Gasteiger partial charge in [0.25, 0.3) is 5.56 Å². The second-order valence-corrected chi connectivity index (χ2v) is 7.21. The van der Waals surface area contributed by atoms with Crippen LogP contribution in [0.3, 0.4) is 0 Å². The SMILES string of the molecule is Cc1cn2c(=O)cc(CN3CCCc4cc(F)c(F)cc43)nc2s1. The minimum atomic E-state index is -0.849. The van der Waals surface area contributed by atoms with Crippen molar-refractivity contribution in [3.05, 3.63) is 62.5 Å². The lowest BCUT2D eigenvalue weighted by Crippen LogP contribution is -2.30. The average Bonchev–Trinajstić information content (AvgIpc) is 2.90. The van der Waals surface area contributed by atoms with E-state index in [0.717, 1.165) is 29.8 Å². The molecule has 0 saturated carbocycles. The van der Waals surface area contributed by atoms with E-state index in [0.29, 0.717) is 22.9 Å². The highest BCUT2D eigenvalue weighted by molar-refractivity contribution is 7.16. The van der Waals surface area contributed by atoms with Crippen LogP contribution in [0.2, 0.25) is 0 Å². The van der Waals surface area contributed by atoms with Gasteiger partial charge in [-0.25, -0.2) is 13.8 Å². The van der Waals surface area contributed by atoms with E-state index in [1.165, 1.54) is 33.9 Å². The predicted octanol–water partition coefficient (Wildman–Crippen LogP) is 3.30. The fraction of sp³-hybridized carbons (Fsp3) is 0.294. The number of thiazole rings is 1. The number of hydrogen-bond acceptors (Lipinski definition) is 4. The van der Waals surface area contributed by atoms with E-state index in [1.807, 2.05) is 11.8 Å². The molecule has 2 aromatic heterocycles. The molecule has 7 heteroatoms. The molecule has 4 rings (SSSR count). The summed E-state index contributed by atoms with van der Waals surface area (Å²) in [6.45, 7) is 3.06. The van der Waals surface area contributed by atoms with Gasteiger partial charge in [-0.2, -0.15) is 0 Å². The Hall–Kier alpha value is -2.28. The summed E-state index contributed by atoms with van der Waals surface area (Å²) >= 11 is 1.46. The van der Waals surface area contributed by atoms with Gasteiger partial charge in [-0.05, 0) is 31.4 Å². The van der Waals surface area contributed by atoms with Crippen LogP contribution in [-0.2, 0) is 13.0 Å². The summed E-state index contributed by atoms with van der Waals surface area (Å²) in [5.41, 5.74) is 2.00. The zero-order valence-corrected chi connectivity index (χ0v) is 13.9. The number of aromatic nitrogens is 2. The van der Waals surface area contributed by atoms with E-state index in [4.69, 9.17) is 0 Å². The highest BCUT2D eigenvalue weighted by atomic mass is 32.1. The van der Waals surface area contributed by atoms with Crippen molar-refractivity contribution in [1.82, 2.24) is 9.38 Å². The maximum absolute atomic E-state index is 13.6. The van der Waals surface area contributed by atoms with Crippen molar-refractivity contribution in [2.75, 3.05) is 11.4 Å². The molecule has 4 nitrogen and oxygen atoms in total. The summed E-state index contributed by atoms with van der Waals surface area (Å²) in [6, 6.07) is 4.02. The Labute approximate surface area is 141 Å². The van der Waals surface area contributed by atoms with Gasteiger partial charge in [0.1, 0.15) is 0 Å². The molecule has 3 aromatic rings. The number of rotatable bonds is 2. The summed E-state index contributed by atoms with van der Waals surface area (Å²) in [4.78, 5) is 20.4. The van der Waals surface area contributed by atoms with Crippen LogP contribution in [0.1, 0.15) is 22.6 Å². The van der Waals surface area contributed by atoms with Crippen LogP contribution in [-0.4, -0.2) is 15.9 Å². The molecule has 0 saturated heterocycles. The van der Waals surface area contributed by atoms with Crippen LogP contribution >= 0.6 is 11.3 Å². The molecular weight excluding hydrogens is 332 g/mol. The Morgan fingerprint density at radius 1 is 1.25 bits per heavy atom. The molecule has 0 spiro atoms. The molecule has 1 aliphatic rings. The quantitative estimate of drug-likeness (QED) is 0.714. The highest BCUT2D eigenvalue weighted by Crippen LogP contribution is 2.30. The van der Waals surface area contributed by atoms with E-state index < -0.39 is 11.6 Å². The van der Waals surface area contributed by atoms with Crippen LogP contribution in [0.25, 0.3) is 4.96 Å². The van der Waals surface area contributed by atoms with E-state index in [2.05, 4.69) is 4.98 Å². The first-order valence-electron chi connectivity index (χ1n) is 7.73. The van der Waals surface area contributed by atoms with E-state index in [-0.39, 0.29) is 5.56 Å². The monoisotopic (exact) mass is 347 g/mol. The second kappa shape index (κ2) is 5.66. The molecule has 1 aromatic carbocycles. The lowest BCUT2D eigenvalue weighted by molar-refractivity contribution is 0.504. The van der Waals surface area contributed by atoms with Gasteiger partial charge in [0, 0.05) is 35.4 Å². The molecule has 0 fully saturated rings. The van der Waals surface area contributed by atoms with Crippen LogP contribution in [0.15, 0.2) is 29.2 Å². The van der Waals surface area contributed by atoms with Gasteiger partial charge in [0.05, 0.1) is 12.2 Å². The fourth-order valence-corrected chi connectivity index (χ4v) is 4.00. The van der Waals surface area contributed by atoms with Gasteiger partial charge in [-0.15, -0.1) is 11.3 Å². The Bertz CT molecular complexity index is 995. The van der Waals surface area contributed by atoms with Gasteiger partial charge in [-0.1, -0.05) is 0 Å². The Kier molecular flexibility index (Phi) is 3.60. The number of halogens is 2. The molecule has 1 aliphatic heterocycles. The van der Waals surface area contributed by atoms with Gasteiger partial charge >= 0.3 is 0 Å². The third kappa shape index (κ3) is 2.58. The number of nitrogens with zero attached hydrogens (tertiary/aromatic N) is 3. The van der Waals surface area contributed by atoms with Crippen molar-refractivity contribution >= 4 is 22.0 Å². The van der Waals surface area contributed by atoms with Crippen molar-refractivity contribution in [3.63, 3.8) is 0 Å². The largest absolute Gasteiger partial charge is 0.365 e. The molecule has 3 heterocycles. The van der Waals surface area contributed by atoms with Crippen LogP contribution < -0.4 is 10.5 Å². The van der Waals surface area contributed by atoms with Crippen molar-refractivity contribution < 1.29 is 8.78 Å². The van der Waals surface area contributed by atoms with Crippen LogP contribution in [0.4, 0.5) is 14.5 Å². The lowest BCUT2D eigenvalue weighted by Gasteiger charge is -2.31. The first kappa shape index (κ1) is 15.3. The molecule has 0 unspecified atom stereocenters. The second-order valence-electron chi connectivity index (χ2n) is 6.00. The summed E-state index contributed by atoms with van der Waals surface area (Å²) in [7, 11) is 0. The van der Waals surface area contributed by atoms with Crippen molar-refractivity contribution in [1.29, 1.82) is 0 Å². The molecule has 0 radical (unpaired) electrons. The van der Waals surface area contributed by atoms with Crippen LogP contribution in [0.5, 0.6) is 0 Å². The van der Waals surface area contributed by atoms with E-state index >= 15 is 0 Å². The van der Waals surface area contributed by atoms with E-state index in [1.54, 1.807) is 6.20 Å². The lowest BCUT2D eigenvalue weighted by atomic mass is 10.0. The maximum Gasteiger partial charge on any atom is 0.258 e. The number of anilines is 1. The summed E-state index contributed by atoms with van der Waals surface area (Å²) in [5.74, 6) is -1.67. The van der Waals surface area contributed by atoms with E-state index in [9.17, 15) is 13.6 Å². The first-order chi connectivity index (χ1) is 11.5.